The molecule has 2 fully saturated rings. The van der Waals surface area contributed by atoms with Gasteiger partial charge in [0.25, 0.3) is 0 Å². The molecule has 2 aliphatic rings. The van der Waals surface area contributed by atoms with E-state index < -0.39 is 4.75 Å². The number of piperazine rings is 1. The average Bonchev–Trinajstić information content (AvgIpc) is 2.80. The van der Waals surface area contributed by atoms with Crippen LogP contribution in [0, 0.1) is 11.8 Å². The van der Waals surface area contributed by atoms with Gasteiger partial charge in [0.05, 0.1) is 11.3 Å². The molecule has 8 heteroatoms. The molecule has 1 aromatic heterocycles. The highest BCUT2D eigenvalue weighted by Crippen LogP contribution is 2.29. The fraction of sp³-hybridized carbons (Fsp3) is 0.708. The Hall–Kier alpha value is -1.09. The molecule has 0 amide bonds. The number of aromatic nitrogens is 1. The molecule has 0 saturated carbocycles. The number of ketones is 2. The minimum absolute atomic E-state index is 0.00237. The second-order valence-corrected chi connectivity index (χ2v) is 11.7. The molecule has 0 radical (unpaired) electrons. The minimum Gasteiger partial charge on any atom is -0.354 e. The summed E-state index contributed by atoms with van der Waals surface area (Å²) in [4.78, 5) is 36.3. The lowest BCUT2D eigenvalue weighted by atomic mass is 9.95. The highest BCUT2D eigenvalue weighted by Gasteiger charge is 2.30. The maximum atomic E-state index is 12.4. The number of thiol groups is 1. The molecule has 3 heterocycles. The van der Waals surface area contributed by atoms with Crippen molar-refractivity contribution in [1.29, 1.82) is 0 Å². The van der Waals surface area contributed by atoms with Gasteiger partial charge in [-0.15, -0.1) is 11.7 Å². The van der Waals surface area contributed by atoms with Crippen molar-refractivity contribution in [3.8, 4) is 0 Å². The number of likely N-dealkylation sites (tertiary alicyclic amines) is 1. The van der Waals surface area contributed by atoms with E-state index >= 15 is 0 Å². The zero-order chi connectivity index (χ0) is 23.3. The van der Waals surface area contributed by atoms with Crippen molar-refractivity contribution in [2.45, 2.75) is 45.3 Å². The van der Waals surface area contributed by atoms with E-state index in [1.54, 1.807) is 6.20 Å². The second kappa shape index (κ2) is 11.4. The number of hydrogen-bond donors (Lipinski definition) is 1. The molecule has 0 spiro atoms. The van der Waals surface area contributed by atoms with Crippen LogP contribution in [0.5, 0.6) is 0 Å². The normalized spacial score (nSPS) is 19.5. The Morgan fingerprint density at radius 1 is 1.09 bits per heavy atom. The van der Waals surface area contributed by atoms with Gasteiger partial charge in [-0.1, -0.05) is 24.6 Å². The number of carbonyl (C=O) groups is 2. The second-order valence-electron chi connectivity index (χ2n) is 9.96. The lowest BCUT2D eigenvalue weighted by molar-refractivity contribution is -0.122. The number of hydrogen-bond acceptors (Lipinski definition) is 8. The highest BCUT2D eigenvalue weighted by molar-refractivity contribution is 8.69. The zero-order valence-electron chi connectivity index (χ0n) is 19.9. The molecule has 0 unspecified atom stereocenters. The van der Waals surface area contributed by atoms with Gasteiger partial charge in [-0.3, -0.25) is 19.4 Å². The van der Waals surface area contributed by atoms with Crippen LogP contribution in [0.25, 0.3) is 0 Å². The van der Waals surface area contributed by atoms with Crippen molar-refractivity contribution in [1.82, 2.24) is 14.8 Å². The molecule has 0 N–H and O–H groups in total. The number of pyridine rings is 1. The van der Waals surface area contributed by atoms with Gasteiger partial charge in [0, 0.05) is 50.4 Å². The van der Waals surface area contributed by atoms with Crippen molar-refractivity contribution >= 4 is 39.8 Å². The van der Waals surface area contributed by atoms with Gasteiger partial charge < -0.3 is 4.90 Å². The Bertz CT molecular complexity index is 769. The molecule has 6 nitrogen and oxygen atoms in total. The highest BCUT2D eigenvalue weighted by atomic mass is 33.1. The smallest absolute Gasteiger partial charge is 0.166 e. The van der Waals surface area contributed by atoms with Gasteiger partial charge in [-0.25, -0.2) is 4.98 Å². The van der Waals surface area contributed by atoms with Crippen LogP contribution in [0.3, 0.4) is 0 Å². The van der Waals surface area contributed by atoms with Crippen LogP contribution < -0.4 is 4.90 Å². The summed E-state index contributed by atoms with van der Waals surface area (Å²) in [5, 5.41) is 0. The Morgan fingerprint density at radius 3 is 2.28 bits per heavy atom. The maximum Gasteiger partial charge on any atom is 0.166 e. The summed E-state index contributed by atoms with van der Waals surface area (Å²) in [6.07, 6.45) is 4.04. The quantitative estimate of drug-likeness (QED) is 0.330. The molecule has 2 aliphatic heterocycles. The molecule has 1 aromatic rings. The first-order chi connectivity index (χ1) is 15.2. The van der Waals surface area contributed by atoms with Gasteiger partial charge in [-0.05, 0) is 57.8 Å². The Balaban J connectivity index is 1.39. The van der Waals surface area contributed by atoms with Gasteiger partial charge in [0.1, 0.15) is 5.82 Å². The summed E-state index contributed by atoms with van der Waals surface area (Å²) in [7, 11) is 1.34. The van der Waals surface area contributed by atoms with Crippen molar-refractivity contribution in [3.63, 3.8) is 0 Å². The third-order valence-corrected chi connectivity index (χ3v) is 8.80. The minimum atomic E-state index is -0.418. The fourth-order valence-electron chi connectivity index (χ4n) is 4.35. The van der Waals surface area contributed by atoms with E-state index in [9.17, 15) is 9.59 Å². The third kappa shape index (κ3) is 6.72. The molecule has 0 aromatic carbocycles. The van der Waals surface area contributed by atoms with Crippen molar-refractivity contribution in [2.24, 2.45) is 11.8 Å². The summed E-state index contributed by atoms with van der Waals surface area (Å²) in [5.74, 6) is 2.08. The number of piperidine rings is 1. The monoisotopic (exact) mass is 478 g/mol. The Morgan fingerprint density at radius 2 is 1.75 bits per heavy atom. The molecule has 32 heavy (non-hydrogen) atoms. The van der Waals surface area contributed by atoms with Crippen molar-refractivity contribution in [2.75, 3.05) is 57.3 Å². The average molecular weight is 479 g/mol. The molecule has 178 valence electrons. The molecule has 0 bridgehead atoms. The van der Waals surface area contributed by atoms with Crippen molar-refractivity contribution < 1.29 is 9.59 Å². The first kappa shape index (κ1) is 25.5. The molecular weight excluding hydrogens is 440 g/mol. The molecule has 0 atom stereocenters. The summed E-state index contributed by atoms with van der Waals surface area (Å²) >= 11 is 4.25. The summed E-state index contributed by atoms with van der Waals surface area (Å²) in [6.45, 7) is 15.5. The first-order valence-corrected chi connectivity index (χ1v) is 13.6. The lowest BCUT2D eigenvalue weighted by Crippen LogP contribution is -2.49. The van der Waals surface area contributed by atoms with Gasteiger partial charge >= 0.3 is 0 Å². The van der Waals surface area contributed by atoms with E-state index in [2.05, 4.69) is 31.3 Å². The number of anilines is 1. The topological polar surface area (TPSA) is 56.8 Å². The summed E-state index contributed by atoms with van der Waals surface area (Å²) in [6, 6.07) is 3.89. The van der Waals surface area contributed by atoms with Crippen LogP contribution in [0.2, 0.25) is 0 Å². The van der Waals surface area contributed by atoms with E-state index in [0.29, 0.717) is 18.0 Å². The lowest BCUT2D eigenvalue weighted by Gasteiger charge is -2.39. The molecule has 2 saturated heterocycles. The van der Waals surface area contributed by atoms with Crippen molar-refractivity contribution in [3.05, 3.63) is 23.9 Å². The summed E-state index contributed by atoms with van der Waals surface area (Å²) < 4.78 is -0.418. The van der Waals surface area contributed by atoms with Gasteiger partial charge in [-0.2, -0.15) is 0 Å². The van der Waals surface area contributed by atoms with E-state index in [0.717, 1.165) is 64.5 Å². The number of Topliss-reactive ketones (excluding diaryl/α,β-unsaturated/α-hetero) is 2. The van der Waals surface area contributed by atoms with Crippen LogP contribution in [-0.2, 0) is 4.79 Å². The standard InChI is InChI=1S/C24H38N4O2S2/c1-18(2)23(30)20-5-6-22(25-15-20)28-13-11-27(12-14-28)16-19-7-9-26(10-8-19)17-21(29)24(3,4)32-31/h5-6,15,18-19,31H,7-14,16-17H2,1-4H3. The SMILES string of the molecule is CC(C)C(=O)c1ccc(N2CCN(CC3CCN(CC(=O)C(C)(C)SS)CC3)CC2)nc1. The van der Waals surface area contributed by atoms with Crippen LogP contribution in [0.15, 0.2) is 18.3 Å². The number of carbonyl (C=O) groups excluding carboxylic acids is 2. The fourth-order valence-corrected chi connectivity index (χ4v) is 4.82. The largest absolute Gasteiger partial charge is 0.354 e. The Kier molecular flexibility index (Phi) is 9.06. The summed E-state index contributed by atoms with van der Waals surface area (Å²) in [5.41, 5.74) is 0.698. The zero-order valence-corrected chi connectivity index (χ0v) is 21.6. The van der Waals surface area contributed by atoms with E-state index in [4.69, 9.17) is 0 Å². The van der Waals surface area contributed by atoms with E-state index in [-0.39, 0.29) is 17.5 Å². The van der Waals surface area contributed by atoms with Crippen LogP contribution in [0.1, 0.15) is 50.9 Å². The Labute approximate surface area is 202 Å². The molecular formula is C24H38N4O2S2. The van der Waals surface area contributed by atoms with E-state index in [1.807, 2.05) is 39.8 Å². The van der Waals surface area contributed by atoms with Gasteiger partial charge in [0.15, 0.2) is 11.6 Å². The maximum absolute atomic E-state index is 12.4. The number of nitrogens with zero attached hydrogens (tertiary/aromatic N) is 4. The van der Waals surface area contributed by atoms with E-state index in [1.165, 1.54) is 10.8 Å². The molecule has 3 rings (SSSR count). The van der Waals surface area contributed by atoms with Gasteiger partial charge in [0.2, 0.25) is 0 Å². The van der Waals surface area contributed by atoms with Crippen LogP contribution in [-0.4, -0.2) is 83.5 Å². The predicted molar refractivity (Wildman–Crippen MR) is 137 cm³/mol. The first-order valence-electron chi connectivity index (χ1n) is 11.8. The predicted octanol–water partition coefficient (Wildman–Crippen LogP) is 3.68. The molecule has 0 aliphatic carbocycles. The third-order valence-electron chi connectivity index (χ3n) is 6.74. The van der Waals surface area contributed by atoms with Crippen LogP contribution >= 0.6 is 22.5 Å². The number of rotatable bonds is 9. The van der Waals surface area contributed by atoms with Crippen LogP contribution in [0.4, 0.5) is 5.82 Å².